The molecule has 3 nitrogen and oxygen atoms in total. The van der Waals surface area contributed by atoms with E-state index in [-0.39, 0.29) is 5.41 Å². The van der Waals surface area contributed by atoms with Crippen LogP contribution in [0.3, 0.4) is 0 Å². The lowest BCUT2D eigenvalue weighted by molar-refractivity contribution is -0.119. The smallest absolute Gasteiger partial charge is 0.127 e. The Hall–Kier alpha value is -1.22. The number of hydrogen-bond acceptors (Lipinski definition) is 3. The summed E-state index contributed by atoms with van der Waals surface area (Å²) in [6, 6.07) is 6.15. The Kier molecular flexibility index (Phi) is 5.30. The Morgan fingerprint density at radius 1 is 1.30 bits per heavy atom. The van der Waals surface area contributed by atoms with Crippen LogP contribution in [0.15, 0.2) is 18.2 Å². The molecule has 20 heavy (non-hydrogen) atoms. The lowest BCUT2D eigenvalue weighted by atomic mass is 9.75. The molecule has 110 valence electrons. The number of pyridine rings is 1. The summed E-state index contributed by atoms with van der Waals surface area (Å²) in [6.07, 6.45) is 6.99. The number of nitrogens with zero attached hydrogens (tertiary/aromatic N) is 2. The highest BCUT2D eigenvalue weighted by Crippen LogP contribution is 2.35. The highest BCUT2D eigenvalue weighted by atomic mass is 16.1. The van der Waals surface area contributed by atoms with Gasteiger partial charge in [-0.1, -0.05) is 32.3 Å². The van der Waals surface area contributed by atoms with Crippen molar-refractivity contribution in [2.24, 2.45) is 5.41 Å². The normalized spacial score (nSPS) is 18.1. The van der Waals surface area contributed by atoms with Crippen molar-refractivity contribution in [3.05, 3.63) is 29.6 Å². The van der Waals surface area contributed by atoms with Crippen molar-refractivity contribution in [2.45, 2.75) is 52.5 Å². The third-order valence-corrected chi connectivity index (χ3v) is 4.42. The average Bonchev–Trinajstić information content (AvgIpc) is 2.47. The quantitative estimate of drug-likeness (QED) is 0.746. The van der Waals surface area contributed by atoms with Crippen molar-refractivity contribution < 1.29 is 4.79 Å². The van der Waals surface area contributed by atoms with E-state index in [1.54, 1.807) is 0 Å². The van der Waals surface area contributed by atoms with E-state index in [1.165, 1.54) is 25.5 Å². The molecular weight excluding hydrogens is 248 g/mol. The highest BCUT2D eigenvalue weighted by molar-refractivity contribution is 5.60. The molecule has 0 amide bonds. The van der Waals surface area contributed by atoms with Gasteiger partial charge in [0.1, 0.15) is 6.29 Å². The Bertz CT molecular complexity index is 438. The molecule has 2 rings (SSSR count). The van der Waals surface area contributed by atoms with E-state index >= 15 is 0 Å². The number of aromatic nitrogens is 1. The SMILES string of the molecule is CCN(Cc1cccc(C)n1)CC1(C=O)CCCCC1. The fraction of sp³-hybridized carbons (Fsp3) is 0.647. The first-order valence-corrected chi connectivity index (χ1v) is 7.79. The summed E-state index contributed by atoms with van der Waals surface area (Å²) in [6.45, 7) is 6.87. The second kappa shape index (κ2) is 6.98. The third-order valence-electron chi connectivity index (χ3n) is 4.42. The summed E-state index contributed by atoms with van der Waals surface area (Å²) < 4.78 is 0. The Balaban J connectivity index is 2.02. The number of aryl methyl sites for hydroxylation is 1. The van der Waals surface area contributed by atoms with Crippen LogP contribution in [0.2, 0.25) is 0 Å². The van der Waals surface area contributed by atoms with Gasteiger partial charge < -0.3 is 4.79 Å². The molecule has 0 unspecified atom stereocenters. The number of carbonyl (C=O) groups excluding carboxylic acids is 1. The van der Waals surface area contributed by atoms with E-state index in [1.807, 2.05) is 13.0 Å². The maximum absolute atomic E-state index is 11.6. The van der Waals surface area contributed by atoms with Crippen molar-refractivity contribution in [2.75, 3.05) is 13.1 Å². The fourth-order valence-electron chi connectivity index (χ4n) is 3.21. The van der Waals surface area contributed by atoms with Gasteiger partial charge >= 0.3 is 0 Å². The molecule has 0 aliphatic heterocycles. The summed E-state index contributed by atoms with van der Waals surface area (Å²) in [5.41, 5.74) is 2.04. The van der Waals surface area contributed by atoms with Gasteiger partial charge in [-0.3, -0.25) is 9.88 Å². The second-order valence-electron chi connectivity index (χ2n) is 6.11. The minimum atomic E-state index is -0.113. The predicted molar refractivity (Wildman–Crippen MR) is 81.5 cm³/mol. The van der Waals surface area contributed by atoms with Gasteiger partial charge in [-0.2, -0.15) is 0 Å². The zero-order chi connectivity index (χ0) is 14.4. The van der Waals surface area contributed by atoms with Crippen molar-refractivity contribution in [3.8, 4) is 0 Å². The lowest BCUT2D eigenvalue weighted by Crippen LogP contribution is -2.40. The number of carbonyl (C=O) groups is 1. The molecule has 1 saturated carbocycles. The van der Waals surface area contributed by atoms with Crippen molar-refractivity contribution in [3.63, 3.8) is 0 Å². The molecule has 3 heteroatoms. The van der Waals surface area contributed by atoms with Crippen LogP contribution in [-0.2, 0) is 11.3 Å². The summed E-state index contributed by atoms with van der Waals surface area (Å²) in [5, 5.41) is 0. The van der Waals surface area contributed by atoms with Crippen LogP contribution in [0.5, 0.6) is 0 Å². The molecule has 1 aromatic heterocycles. The van der Waals surface area contributed by atoms with E-state index < -0.39 is 0 Å². The highest BCUT2D eigenvalue weighted by Gasteiger charge is 2.33. The van der Waals surface area contributed by atoms with Gasteiger partial charge in [0.05, 0.1) is 5.69 Å². The first kappa shape index (κ1) is 15.2. The minimum Gasteiger partial charge on any atom is -0.303 e. The van der Waals surface area contributed by atoms with Crippen LogP contribution in [0, 0.1) is 12.3 Å². The summed E-state index contributed by atoms with van der Waals surface area (Å²) >= 11 is 0. The van der Waals surface area contributed by atoms with Crippen molar-refractivity contribution >= 4 is 6.29 Å². The molecule has 1 heterocycles. The van der Waals surface area contributed by atoms with E-state index in [4.69, 9.17) is 0 Å². The fourth-order valence-corrected chi connectivity index (χ4v) is 3.21. The summed E-state index contributed by atoms with van der Waals surface area (Å²) in [4.78, 5) is 18.5. The van der Waals surface area contributed by atoms with Crippen molar-refractivity contribution in [1.29, 1.82) is 0 Å². The van der Waals surface area contributed by atoms with E-state index in [9.17, 15) is 4.79 Å². The number of hydrogen-bond donors (Lipinski definition) is 0. The van der Waals surface area contributed by atoms with Gasteiger partial charge in [0.15, 0.2) is 0 Å². The van der Waals surface area contributed by atoms with Crippen LogP contribution in [0.1, 0.15) is 50.4 Å². The van der Waals surface area contributed by atoms with Crippen LogP contribution in [0.4, 0.5) is 0 Å². The van der Waals surface area contributed by atoms with Crippen molar-refractivity contribution in [1.82, 2.24) is 9.88 Å². The zero-order valence-electron chi connectivity index (χ0n) is 12.8. The maximum Gasteiger partial charge on any atom is 0.127 e. The predicted octanol–water partition coefficient (Wildman–Crippen LogP) is 3.36. The molecule has 0 N–H and O–H groups in total. The van der Waals surface area contributed by atoms with Gasteiger partial charge in [0.2, 0.25) is 0 Å². The Morgan fingerprint density at radius 3 is 2.65 bits per heavy atom. The minimum absolute atomic E-state index is 0.113. The third kappa shape index (κ3) is 3.89. The molecule has 1 aromatic rings. The van der Waals surface area contributed by atoms with Crippen LogP contribution >= 0.6 is 0 Å². The van der Waals surface area contributed by atoms with E-state index in [2.05, 4.69) is 28.9 Å². The zero-order valence-corrected chi connectivity index (χ0v) is 12.8. The maximum atomic E-state index is 11.6. The molecule has 0 radical (unpaired) electrons. The van der Waals surface area contributed by atoms with Gasteiger partial charge in [-0.25, -0.2) is 0 Å². The molecule has 1 fully saturated rings. The number of rotatable bonds is 6. The van der Waals surface area contributed by atoms with Crippen LogP contribution < -0.4 is 0 Å². The molecule has 0 bridgehead atoms. The standard InChI is InChI=1S/C17H26N2O/c1-3-19(12-16-9-7-8-15(2)18-16)13-17(14-20)10-5-4-6-11-17/h7-9,14H,3-6,10-13H2,1-2H3. The Labute approximate surface area is 122 Å². The van der Waals surface area contributed by atoms with Crippen LogP contribution in [0.25, 0.3) is 0 Å². The summed E-state index contributed by atoms with van der Waals surface area (Å²) in [7, 11) is 0. The van der Waals surface area contributed by atoms with Gasteiger partial charge in [0, 0.05) is 24.2 Å². The molecular formula is C17H26N2O. The molecule has 0 aromatic carbocycles. The largest absolute Gasteiger partial charge is 0.303 e. The lowest BCUT2D eigenvalue weighted by Gasteiger charge is -2.36. The molecule has 0 spiro atoms. The topological polar surface area (TPSA) is 33.2 Å². The van der Waals surface area contributed by atoms with Gasteiger partial charge in [0.25, 0.3) is 0 Å². The average molecular weight is 274 g/mol. The van der Waals surface area contributed by atoms with E-state index in [0.29, 0.717) is 0 Å². The van der Waals surface area contributed by atoms with E-state index in [0.717, 1.165) is 43.9 Å². The molecule has 1 aliphatic carbocycles. The monoisotopic (exact) mass is 274 g/mol. The van der Waals surface area contributed by atoms with Crippen LogP contribution in [-0.4, -0.2) is 29.3 Å². The van der Waals surface area contributed by atoms with Gasteiger partial charge in [-0.05, 0) is 38.4 Å². The molecule has 0 saturated heterocycles. The van der Waals surface area contributed by atoms with Gasteiger partial charge in [-0.15, -0.1) is 0 Å². The first-order chi connectivity index (χ1) is 9.67. The Morgan fingerprint density at radius 2 is 2.05 bits per heavy atom. The summed E-state index contributed by atoms with van der Waals surface area (Å²) in [5.74, 6) is 0. The second-order valence-corrected chi connectivity index (χ2v) is 6.11. The number of aldehydes is 1. The molecule has 1 aliphatic rings. The molecule has 0 atom stereocenters. The first-order valence-electron chi connectivity index (χ1n) is 7.79.